The molecule has 16 heavy (non-hydrogen) atoms. The molecule has 0 unspecified atom stereocenters. The van der Waals surface area contributed by atoms with Crippen molar-refractivity contribution in [1.82, 2.24) is 0 Å². The van der Waals surface area contributed by atoms with E-state index in [1.165, 1.54) is 0 Å². The van der Waals surface area contributed by atoms with Gasteiger partial charge >= 0.3 is 12.1 Å². The van der Waals surface area contributed by atoms with E-state index in [0.29, 0.717) is 0 Å². The van der Waals surface area contributed by atoms with Crippen LogP contribution >= 0.6 is 21.2 Å². The molecule has 0 aliphatic heterocycles. The molecule has 1 N–H and O–H groups in total. The fourth-order valence-electron chi connectivity index (χ4n) is 1.12. The van der Waals surface area contributed by atoms with E-state index >= 15 is 0 Å². The highest BCUT2D eigenvalue weighted by Crippen LogP contribution is 2.31. The summed E-state index contributed by atoms with van der Waals surface area (Å²) >= 11 is -1.67. The number of aliphatic carboxylic acids is 1. The van der Waals surface area contributed by atoms with Gasteiger partial charge in [0, 0.05) is 0 Å². The van der Waals surface area contributed by atoms with Crippen LogP contribution < -0.4 is 0 Å². The molecule has 0 radical (unpaired) electrons. The van der Waals surface area contributed by atoms with Crippen molar-refractivity contribution in [1.29, 1.82) is 0 Å². The minimum Gasteiger partial charge on any atom is -0.481 e. The van der Waals surface area contributed by atoms with Gasteiger partial charge in [0.2, 0.25) is 0 Å². The Kier molecular flexibility index (Phi) is 4.00. The third kappa shape index (κ3) is 3.26. The fourth-order valence-corrected chi connectivity index (χ4v) is 2.08. The molecule has 7 heteroatoms. The van der Waals surface area contributed by atoms with E-state index in [-0.39, 0.29) is 9.13 Å². The summed E-state index contributed by atoms with van der Waals surface area (Å²) in [7, 11) is 0. The van der Waals surface area contributed by atoms with Gasteiger partial charge in [-0.3, -0.25) is 7.86 Å². The van der Waals surface area contributed by atoms with Gasteiger partial charge in [0.1, 0.15) is 0 Å². The van der Waals surface area contributed by atoms with Crippen LogP contribution in [0.2, 0.25) is 0 Å². The Labute approximate surface area is 98.9 Å². The molecule has 0 amide bonds. The first kappa shape index (κ1) is 13.1. The standard InChI is InChI=1S/C9H6F3IO3/c10-9(11,12)6-1-2-7(13-16)5(3-6)4-8(14)15/h1-3H,4H2,(H,14,15). The summed E-state index contributed by atoms with van der Waals surface area (Å²) in [6, 6.07) is 2.61. The summed E-state index contributed by atoms with van der Waals surface area (Å²) in [6.07, 6.45) is -5.08. The van der Waals surface area contributed by atoms with Crippen molar-refractivity contribution in [2.24, 2.45) is 0 Å². The maximum atomic E-state index is 12.3. The number of hydrogen-bond acceptors (Lipinski definition) is 2. The summed E-state index contributed by atoms with van der Waals surface area (Å²) in [5.41, 5.74) is -0.963. The first-order chi connectivity index (χ1) is 7.34. The summed E-state index contributed by atoms with van der Waals surface area (Å²) in [4.78, 5) is 10.4. The van der Waals surface area contributed by atoms with E-state index < -0.39 is 45.3 Å². The monoisotopic (exact) mass is 346 g/mol. The molecule has 1 aromatic rings. The number of carboxylic acids is 1. The second-order valence-corrected chi connectivity index (χ2v) is 4.55. The van der Waals surface area contributed by atoms with Gasteiger partial charge in [-0.25, -0.2) is 0 Å². The molecular formula is C9H6F3IO3. The van der Waals surface area contributed by atoms with Crippen LogP contribution in [0.15, 0.2) is 18.2 Å². The van der Waals surface area contributed by atoms with Gasteiger partial charge in [0.25, 0.3) is 0 Å². The molecule has 0 fully saturated rings. The molecule has 0 aromatic heterocycles. The maximum absolute atomic E-state index is 12.3. The number of carboxylic acid groups (broad SMARTS) is 1. The van der Waals surface area contributed by atoms with Crippen LogP contribution in [-0.4, -0.2) is 11.1 Å². The molecule has 0 aliphatic carbocycles. The zero-order valence-corrected chi connectivity index (χ0v) is 9.87. The van der Waals surface area contributed by atoms with E-state index in [0.717, 1.165) is 18.2 Å². The molecule has 0 spiro atoms. The van der Waals surface area contributed by atoms with E-state index in [2.05, 4.69) is 0 Å². The van der Waals surface area contributed by atoms with E-state index in [4.69, 9.17) is 5.11 Å². The number of halogens is 4. The van der Waals surface area contributed by atoms with Gasteiger partial charge in [-0.2, -0.15) is 13.2 Å². The van der Waals surface area contributed by atoms with E-state index in [9.17, 15) is 21.0 Å². The second-order valence-electron chi connectivity index (χ2n) is 2.95. The molecule has 1 aromatic carbocycles. The molecule has 0 bridgehead atoms. The van der Waals surface area contributed by atoms with Crippen LogP contribution in [0.4, 0.5) is 13.2 Å². The zero-order valence-electron chi connectivity index (χ0n) is 7.71. The second kappa shape index (κ2) is 4.89. The highest BCUT2D eigenvalue weighted by atomic mass is 127. The van der Waals surface area contributed by atoms with Crippen LogP contribution in [-0.2, 0) is 20.5 Å². The zero-order chi connectivity index (χ0) is 12.3. The number of carbonyl (C=O) groups is 1. The molecule has 0 aliphatic rings. The van der Waals surface area contributed by atoms with Gasteiger partial charge in [-0.15, -0.1) is 0 Å². The Morgan fingerprint density at radius 1 is 1.38 bits per heavy atom. The number of alkyl halides is 3. The summed E-state index contributed by atoms with van der Waals surface area (Å²) in [5, 5.41) is 8.51. The van der Waals surface area contributed by atoms with Crippen molar-refractivity contribution in [3.05, 3.63) is 32.9 Å². The third-order valence-electron chi connectivity index (χ3n) is 1.80. The van der Waals surface area contributed by atoms with Crippen molar-refractivity contribution in [3.63, 3.8) is 0 Å². The Hall–Kier alpha value is -0.990. The van der Waals surface area contributed by atoms with Crippen molar-refractivity contribution in [2.75, 3.05) is 0 Å². The predicted molar refractivity (Wildman–Crippen MR) is 56.2 cm³/mol. The Balaban J connectivity index is 3.21. The largest absolute Gasteiger partial charge is 0.481 e. The number of hydrogen-bond donors (Lipinski definition) is 1. The third-order valence-corrected chi connectivity index (χ3v) is 3.32. The lowest BCUT2D eigenvalue weighted by molar-refractivity contribution is -0.138. The van der Waals surface area contributed by atoms with Crippen molar-refractivity contribution >= 4 is 27.2 Å². The molecule has 0 heterocycles. The molecule has 0 saturated carbocycles. The summed E-state index contributed by atoms with van der Waals surface area (Å²) in [5.74, 6) is -1.25. The minimum absolute atomic E-state index is 0.0369. The summed E-state index contributed by atoms with van der Waals surface area (Å²) in [6.45, 7) is 0. The highest BCUT2D eigenvalue weighted by molar-refractivity contribution is 14.1. The van der Waals surface area contributed by atoms with Gasteiger partial charge in [0.05, 0.1) is 15.6 Å². The van der Waals surface area contributed by atoms with Gasteiger partial charge < -0.3 is 5.11 Å². The fraction of sp³-hybridized carbons (Fsp3) is 0.222. The quantitative estimate of drug-likeness (QED) is 0.857. The first-order valence-electron chi connectivity index (χ1n) is 4.03. The van der Waals surface area contributed by atoms with Crippen molar-refractivity contribution in [3.8, 4) is 0 Å². The van der Waals surface area contributed by atoms with E-state index in [1.807, 2.05) is 0 Å². The average Bonchev–Trinajstić information content (AvgIpc) is 2.15. The molecule has 1 rings (SSSR count). The normalized spacial score (nSPS) is 11.4. The van der Waals surface area contributed by atoms with Crippen molar-refractivity contribution < 1.29 is 26.1 Å². The molecule has 88 valence electrons. The molecular weight excluding hydrogens is 340 g/mol. The summed E-state index contributed by atoms with van der Waals surface area (Å²) < 4.78 is 47.9. The van der Waals surface area contributed by atoms with Crippen LogP contribution in [0.1, 0.15) is 11.1 Å². The molecule has 3 nitrogen and oxygen atoms in total. The van der Waals surface area contributed by atoms with Crippen LogP contribution in [0.5, 0.6) is 0 Å². The smallest absolute Gasteiger partial charge is 0.416 e. The first-order valence-corrected chi connectivity index (χ1v) is 5.99. The molecule has 0 atom stereocenters. The Bertz CT molecular complexity index is 428. The lowest BCUT2D eigenvalue weighted by atomic mass is 10.1. The predicted octanol–water partition coefficient (Wildman–Crippen LogP) is 2.82. The topological polar surface area (TPSA) is 54.4 Å². The lowest BCUT2D eigenvalue weighted by Crippen LogP contribution is -2.08. The highest BCUT2D eigenvalue weighted by Gasteiger charge is 2.31. The molecule has 0 saturated heterocycles. The maximum Gasteiger partial charge on any atom is 0.416 e. The van der Waals surface area contributed by atoms with E-state index in [1.54, 1.807) is 0 Å². The minimum atomic E-state index is -4.52. The Morgan fingerprint density at radius 2 is 2.00 bits per heavy atom. The van der Waals surface area contributed by atoms with Gasteiger partial charge in [0.15, 0.2) is 21.2 Å². The SMILES string of the molecule is O=Ic1ccc(C(F)(F)F)cc1CC(=O)O. The van der Waals surface area contributed by atoms with Gasteiger partial charge in [-0.05, 0) is 23.8 Å². The van der Waals surface area contributed by atoms with Crippen molar-refractivity contribution in [2.45, 2.75) is 12.6 Å². The average molecular weight is 346 g/mol. The number of rotatable bonds is 3. The van der Waals surface area contributed by atoms with Crippen LogP contribution in [0.25, 0.3) is 0 Å². The van der Waals surface area contributed by atoms with Gasteiger partial charge in [-0.1, -0.05) is 0 Å². The lowest BCUT2D eigenvalue weighted by Gasteiger charge is -2.09. The van der Waals surface area contributed by atoms with Crippen LogP contribution in [0, 0.1) is 3.57 Å². The number of benzene rings is 1. The van der Waals surface area contributed by atoms with Crippen LogP contribution in [0.3, 0.4) is 0 Å². The Morgan fingerprint density at radius 3 is 2.44 bits per heavy atom.